The molecule has 0 radical (unpaired) electrons. The number of hydrogen-bond acceptors (Lipinski definition) is 4. The fourth-order valence-corrected chi connectivity index (χ4v) is 3.66. The van der Waals surface area contributed by atoms with Gasteiger partial charge < -0.3 is 10.4 Å². The van der Waals surface area contributed by atoms with Gasteiger partial charge in [0.2, 0.25) is 0 Å². The number of amides is 1. The molecule has 1 unspecified atom stereocenters. The van der Waals surface area contributed by atoms with Gasteiger partial charge >= 0.3 is 5.97 Å². The van der Waals surface area contributed by atoms with E-state index in [9.17, 15) is 9.59 Å². The van der Waals surface area contributed by atoms with E-state index in [0.29, 0.717) is 24.1 Å². The van der Waals surface area contributed by atoms with Crippen LogP contribution in [0.1, 0.15) is 28.8 Å². The maximum Gasteiger partial charge on any atom is 0.303 e. The highest BCUT2D eigenvalue weighted by atomic mass is 32.1. The third-order valence-electron chi connectivity index (χ3n) is 4.19. The van der Waals surface area contributed by atoms with E-state index >= 15 is 0 Å². The van der Waals surface area contributed by atoms with E-state index in [2.05, 4.69) is 10.4 Å². The highest BCUT2D eigenvalue weighted by molar-refractivity contribution is 7.13. The van der Waals surface area contributed by atoms with Crippen molar-refractivity contribution in [3.05, 3.63) is 65.2 Å². The summed E-state index contributed by atoms with van der Waals surface area (Å²) in [4.78, 5) is 24.8. The van der Waals surface area contributed by atoms with Crippen LogP contribution in [0.15, 0.2) is 54.0 Å². The minimum Gasteiger partial charge on any atom is -0.481 e. The zero-order valence-corrected chi connectivity index (χ0v) is 15.8. The van der Waals surface area contributed by atoms with Crippen LogP contribution in [0.25, 0.3) is 10.6 Å². The van der Waals surface area contributed by atoms with Crippen LogP contribution in [-0.2, 0) is 18.3 Å². The van der Waals surface area contributed by atoms with Gasteiger partial charge in [-0.3, -0.25) is 14.3 Å². The van der Waals surface area contributed by atoms with E-state index in [0.717, 1.165) is 10.4 Å². The van der Waals surface area contributed by atoms with E-state index in [4.69, 9.17) is 5.11 Å². The Morgan fingerprint density at radius 2 is 2.00 bits per heavy atom. The highest BCUT2D eigenvalue weighted by Gasteiger charge is 2.21. The van der Waals surface area contributed by atoms with Gasteiger partial charge in [-0.15, -0.1) is 11.3 Å². The predicted octanol–water partition coefficient (Wildman–Crippen LogP) is 3.35. The SMILES string of the molecule is Cn1cc(C(=O)NC(CCC(=O)O)Cc2ccccc2)c(-c2cccs2)n1. The molecule has 2 N–H and O–H groups in total. The van der Waals surface area contributed by atoms with Gasteiger partial charge in [0, 0.05) is 25.7 Å². The summed E-state index contributed by atoms with van der Waals surface area (Å²) in [5.41, 5.74) is 2.19. The Balaban J connectivity index is 1.79. The first-order valence-electron chi connectivity index (χ1n) is 8.67. The van der Waals surface area contributed by atoms with Crippen molar-refractivity contribution >= 4 is 23.2 Å². The van der Waals surface area contributed by atoms with Crippen LogP contribution in [0.4, 0.5) is 0 Å². The molecule has 0 aliphatic heterocycles. The minimum atomic E-state index is -0.872. The van der Waals surface area contributed by atoms with E-state index in [1.54, 1.807) is 17.9 Å². The lowest BCUT2D eigenvalue weighted by molar-refractivity contribution is -0.137. The van der Waals surface area contributed by atoms with Crippen LogP contribution in [0.2, 0.25) is 0 Å². The molecule has 1 aromatic carbocycles. The number of carbonyl (C=O) groups is 2. The number of aromatic nitrogens is 2. The fraction of sp³-hybridized carbons (Fsp3) is 0.250. The van der Waals surface area contributed by atoms with Crippen molar-refractivity contribution in [2.75, 3.05) is 0 Å². The molecule has 2 aromatic heterocycles. The number of carbonyl (C=O) groups excluding carboxylic acids is 1. The second-order valence-electron chi connectivity index (χ2n) is 6.33. The summed E-state index contributed by atoms with van der Waals surface area (Å²) >= 11 is 1.52. The van der Waals surface area contributed by atoms with Gasteiger partial charge in [-0.05, 0) is 29.9 Å². The normalized spacial score (nSPS) is 11.9. The maximum absolute atomic E-state index is 12.9. The smallest absolute Gasteiger partial charge is 0.303 e. The van der Waals surface area contributed by atoms with E-state index in [1.807, 2.05) is 47.8 Å². The van der Waals surface area contributed by atoms with Crippen molar-refractivity contribution < 1.29 is 14.7 Å². The van der Waals surface area contributed by atoms with E-state index in [-0.39, 0.29) is 18.4 Å². The van der Waals surface area contributed by atoms with Gasteiger partial charge in [0.15, 0.2) is 0 Å². The Labute approximate surface area is 161 Å². The summed E-state index contributed by atoms with van der Waals surface area (Å²) in [6.45, 7) is 0. The monoisotopic (exact) mass is 383 g/mol. The third kappa shape index (κ3) is 5.04. The molecule has 1 atom stereocenters. The first-order valence-corrected chi connectivity index (χ1v) is 9.55. The Kier molecular flexibility index (Phi) is 6.03. The molecule has 7 heteroatoms. The molecule has 3 aromatic rings. The van der Waals surface area contributed by atoms with Gasteiger partial charge in [-0.25, -0.2) is 0 Å². The van der Waals surface area contributed by atoms with Crippen molar-refractivity contribution in [3.8, 4) is 10.6 Å². The molecular formula is C20H21N3O3S. The van der Waals surface area contributed by atoms with Crippen molar-refractivity contribution in [1.82, 2.24) is 15.1 Å². The largest absolute Gasteiger partial charge is 0.481 e. The summed E-state index contributed by atoms with van der Waals surface area (Å²) < 4.78 is 1.62. The summed E-state index contributed by atoms with van der Waals surface area (Å²) in [6, 6.07) is 13.3. The molecule has 0 bridgehead atoms. The lowest BCUT2D eigenvalue weighted by Gasteiger charge is -2.18. The Morgan fingerprint density at radius 3 is 2.67 bits per heavy atom. The van der Waals surface area contributed by atoms with Crippen LogP contribution in [-0.4, -0.2) is 32.8 Å². The molecule has 6 nitrogen and oxygen atoms in total. The first kappa shape index (κ1) is 18.8. The van der Waals surface area contributed by atoms with Gasteiger partial charge in [0.1, 0.15) is 5.69 Å². The van der Waals surface area contributed by atoms with Gasteiger partial charge in [0.25, 0.3) is 5.91 Å². The Hall–Kier alpha value is -2.93. The second kappa shape index (κ2) is 8.64. The number of aryl methyl sites for hydroxylation is 1. The van der Waals surface area contributed by atoms with Crippen molar-refractivity contribution in [3.63, 3.8) is 0 Å². The molecular weight excluding hydrogens is 362 g/mol. The molecule has 27 heavy (non-hydrogen) atoms. The highest BCUT2D eigenvalue weighted by Crippen LogP contribution is 2.26. The van der Waals surface area contributed by atoms with E-state index in [1.165, 1.54) is 11.3 Å². The van der Waals surface area contributed by atoms with Gasteiger partial charge in [-0.1, -0.05) is 36.4 Å². The molecule has 0 saturated carbocycles. The number of nitrogens with zero attached hydrogens (tertiary/aromatic N) is 2. The van der Waals surface area contributed by atoms with Crippen molar-refractivity contribution in [1.29, 1.82) is 0 Å². The quantitative estimate of drug-likeness (QED) is 0.625. The van der Waals surface area contributed by atoms with Crippen LogP contribution in [0.5, 0.6) is 0 Å². The first-order chi connectivity index (χ1) is 13.0. The Bertz CT molecular complexity index is 904. The third-order valence-corrected chi connectivity index (χ3v) is 5.07. The van der Waals surface area contributed by atoms with Gasteiger partial charge in [0.05, 0.1) is 10.4 Å². The molecule has 0 saturated heterocycles. The lowest BCUT2D eigenvalue weighted by atomic mass is 10.0. The number of carboxylic acids is 1. The van der Waals surface area contributed by atoms with Crippen LogP contribution < -0.4 is 5.32 Å². The molecule has 0 aliphatic carbocycles. The average molecular weight is 383 g/mol. The van der Waals surface area contributed by atoms with Gasteiger partial charge in [-0.2, -0.15) is 5.10 Å². The number of hydrogen-bond donors (Lipinski definition) is 2. The Morgan fingerprint density at radius 1 is 1.22 bits per heavy atom. The van der Waals surface area contributed by atoms with Crippen molar-refractivity contribution in [2.24, 2.45) is 7.05 Å². The molecule has 140 valence electrons. The standard InChI is InChI=1S/C20H21N3O3S/c1-23-13-16(19(22-23)17-8-5-11-27-17)20(26)21-15(9-10-18(24)25)12-14-6-3-2-4-7-14/h2-8,11,13,15H,9-10,12H2,1H3,(H,21,26)(H,24,25). The average Bonchev–Trinajstić information content (AvgIpc) is 3.29. The summed E-state index contributed by atoms with van der Waals surface area (Å²) in [6.07, 6.45) is 2.64. The number of thiophene rings is 1. The predicted molar refractivity (Wildman–Crippen MR) is 105 cm³/mol. The molecule has 1 amide bonds. The number of carboxylic acid groups (broad SMARTS) is 1. The molecule has 0 aliphatic rings. The fourth-order valence-electron chi connectivity index (χ4n) is 2.93. The molecule has 0 fully saturated rings. The topological polar surface area (TPSA) is 84.2 Å². The number of aliphatic carboxylic acids is 1. The second-order valence-corrected chi connectivity index (χ2v) is 7.28. The summed E-state index contributed by atoms with van der Waals surface area (Å²) in [7, 11) is 1.78. The van der Waals surface area contributed by atoms with Crippen LogP contribution in [0, 0.1) is 0 Å². The van der Waals surface area contributed by atoms with E-state index < -0.39 is 5.97 Å². The number of rotatable bonds is 8. The van der Waals surface area contributed by atoms with Crippen molar-refractivity contribution in [2.45, 2.75) is 25.3 Å². The number of benzene rings is 1. The summed E-state index contributed by atoms with van der Waals surface area (Å²) in [5, 5.41) is 18.4. The molecule has 2 heterocycles. The van der Waals surface area contributed by atoms with Crippen LogP contribution >= 0.6 is 11.3 Å². The van der Waals surface area contributed by atoms with Crippen LogP contribution in [0.3, 0.4) is 0 Å². The lowest BCUT2D eigenvalue weighted by Crippen LogP contribution is -2.37. The zero-order valence-electron chi connectivity index (χ0n) is 15.0. The summed E-state index contributed by atoms with van der Waals surface area (Å²) in [5.74, 6) is -1.11. The molecule has 3 rings (SSSR count). The zero-order chi connectivity index (χ0) is 19.2. The minimum absolute atomic E-state index is 0.00258. The number of nitrogens with one attached hydrogen (secondary N) is 1. The molecule has 0 spiro atoms. The maximum atomic E-state index is 12.9.